The normalized spacial score (nSPS) is 10.8. The largest absolute Gasteiger partial charge is 0.382 e. The lowest BCUT2D eigenvalue weighted by Gasteiger charge is -2.05. The van der Waals surface area contributed by atoms with E-state index in [2.05, 4.69) is 0 Å². The second-order valence-electron chi connectivity index (χ2n) is 3.42. The highest BCUT2D eigenvalue weighted by Gasteiger charge is 1.91. The first-order chi connectivity index (χ1) is 7.41. The van der Waals surface area contributed by atoms with Gasteiger partial charge >= 0.3 is 0 Å². The molecule has 0 saturated carbocycles. The number of rotatable bonds is 12. The molecule has 0 heterocycles. The van der Waals surface area contributed by atoms with Crippen molar-refractivity contribution in [1.29, 1.82) is 0 Å². The fourth-order valence-corrected chi connectivity index (χ4v) is 1.13. The zero-order chi connectivity index (χ0) is 11.2. The highest BCUT2D eigenvalue weighted by atomic mass is 16.5. The highest BCUT2D eigenvalue weighted by Crippen LogP contribution is 1.94. The third-order valence-corrected chi connectivity index (χ3v) is 2.00. The van der Waals surface area contributed by atoms with Gasteiger partial charge < -0.3 is 19.9 Å². The fraction of sp³-hybridized carbons (Fsp3) is 1.00. The van der Waals surface area contributed by atoms with Gasteiger partial charge in [0, 0.05) is 26.9 Å². The van der Waals surface area contributed by atoms with Crippen LogP contribution in [0.4, 0.5) is 0 Å². The third kappa shape index (κ3) is 13.8. The molecule has 0 spiro atoms. The number of methoxy groups -OCH3 is 1. The first-order valence-corrected chi connectivity index (χ1v) is 5.76. The summed E-state index contributed by atoms with van der Waals surface area (Å²) in [5.74, 6) is 0. The molecule has 0 atom stereocenters. The minimum atomic E-state index is 0.667. The maximum absolute atomic E-state index is 5.43. The minimum Gasteiger partial charge on any atom is -0.382 e. The van der Waals surface area contributed by atoms with Gasteiger partial charge in [0.1, 0.15) is 0 Å². The SMILES string of the molecule is COCCOCCCOCCCCCN. The second-order valence-corrected chi connectivity index (χ2v) is 3.42. The van der Waals surface area contributed by atoms with Crippen LogP contribution in [0, 0.1) is 0 Å². The number of unbranched alkanes of at least 4 members (excludes halogenated alkanes) is 2. The molecule has 4 nitrogen and oxygen atoms in total. The Morgan fingerprint density at radius 1 is 0.733 bits per heavy atom. The van der Waals surface area contributed by atoms with Gasteiger partial charge in [-0.1, -0.05) is 0 Å². The van der Waals surface area contributed by atoms with E-state index in [9.17, 15) is 0 Å². The van der Waals surface area contributed by atoms with Crippen LogP contribution in [-0.4, -0.2) is 46.7 Å². The monoisotopic (exact) mass is 219 g/mol. The van der Waals surface area contributed by atoms with Crippen molar-refractivity contribution < 1.29 is 14.2 Å². The summed E-state index contributed by atoms with van der Waals surface area (Å²) in [4.78, 5) is 0. The van der Waals surface area contributed by atoms with Crippen LogP contribution in [0.5, 0.6) is 0 Å². The number of hydrogen-bond acceptors (Lipinski definition) is 4. The molecule has 0 aromatic carbocycles. The molecule has 0 aromatic heterocycles. The van der Waals surface area contributed by atoms with Crippen molar-refractivity contribution >= 4 is 0 Å². The summed E-state index contributed by atoms with van der Waals surface area (Å²) in [5, 5.41) is 0. The summed E-state index contributed by atoms with van der Waals surface area (Å²) < 4.78 is 15.6. The van der Waals surface area contributed by atoms with E-state index in [4.69, 9.17) is 19.9 Å². The summed E-state index contributed by atoms with van der Waals surface area (Å²) in [6, 6.07) is 0. The van der Waals surface area contributed by atoms with Crippen LogP contribution in [-0.2, 0) is 14.2 Å². The van der Waals surface area contributed by atoms with Gasteiger partial charge in [0.05, 0.1) is 13.2 Å². The molecule has 0 aliphatic rings. The number of hydrogen-bond donors (Lipinski definition) is 1. The first kappa shape index (κ1) is 14.8. The molecule has 0 unspecified atom stereocenters. The Bertz CT molecular complexity index is 100. The zero-order valence-electron chi connectivity index (χ0n) is 9.87. The van der Waals surface area contributed by atoms with Crippen molar-refractivity contribution in [3.05, 3.63) is 0 Å². The lowest BCUT2D eigenvalue weighted by Crippen LogP contribution is -2.06. The Hall–Kier alpha value is -0.160. The van der Waals surface area contributed by atoms with Gasteiger partial charge in [-0.15, -0.1) is 0 Å². The Labute approximate surface area is 93.1 Å². The van der Waals surface area contributed by atoms with Crippen LogP contribution in [0.2, 0.25) is 0 Å². The molecule has 15 heavy (non-hydrogen) atoms. The van der Waals surface area contributed by atoms with Crippen molar-refractivity contribution in [1.82, 2.24) is 0 Å². The number of nitrogens with two attached hydrogens (primary N) is 1. The summed E-state index contributed by atoms with van der Waals surface area (Å²) >= 11 is 0. The quantitative estimate of drug-likeness (QED) is 0.501. The van der Waals surface area contributed by atoms with Gasteiger partial charge in [-0.2, -0.15) is 0 Å². The highest BCUT2D eigenvalue weighted by molar-refractivity contribution is 4.42. The van der Waals surface area contributed by atoms with E-state index in [0.717, 1.165) is 45.6 Å². The van der Waals surface area contributed by atoms with Crippen LogP contribution >= 0.6 is 0 Å². The van der Waals surface area contributed by atoms with Crippen LogP contribution in [0.15, 0.2) is 0 Å². The predicted molar refractivity (Wildman–Crippen MR) is 61.0 cm³/mol. The summed E-state index contributed by atoms with van der Waals surface area (Å²) in [7, 11) is 1.67. The van der Waals surface area contributed by atoms with E-state index >= 15 is 0 Å². The predicted octanol–water partition coefficient (Wildman–Crippen LogP) is 1.19. The van der Waals surface area contributed by atoms with E-state index in [0.29, 0.717) is 13.2 Å². The van der Waals surface area contributed by atoms with Crippen molar-refractivity contribution in [2.75, 3.05) is 46.7 Å². The maximum Gasteiger partial charge on any atom is 0.0700 e. The first-order valence-electron chi connectivity index (χ1n) is 5.76. The van der Waals surface area contributed by atoms with Crippen molar-refractivity contribution in [3.8, 4) is 0 Å². The molecule has 92 valence electrons. The van der Waals surface area contributed by atoms with Crippen LogP contribution < -0.4 is 5.73 Å². The van der Waals surface area contributed by atoms with Crippen LogP contribution in [0.3, 0.4) is 0 Å². The molecule has 0 saturated heterocycles. The van der Waals surface area contributed by atoms with E-state index in [1.165, 1.54) is 6.42 Å². The molecule has 4 heteroatoms. The van der Waals surface area contributed by atoms with Gasteiger partial charge in [-0.05, 0) is 32.2 Å². The van der Waals surface area contributed by atoms with E-state index in [1.54, 1.807) is 7.11 Å². The molecule has 0 amide bonds. The third-order valence-electron chi connectivity index (χ3n) is 2.00. The molecular formula is C11H25NO3. The van der Waals surface area contributed by atoms with E-state index in [1.807, 2.05) is 0 Å². The average molecular weight is 219 g/mol. The smallest absolute Gasteiger partial charge is 0.0700 e. The standard InChI is InChI=1S/C11H25NO3/c1-13-10-11-15-9-5-8-14-7-4-2-3-6-12/h2-12H2,1H3. The average Bonchev–Trinajstić information content (AvgIpc) is 2.26. The Morgan fingerprint density at radius 3 is 2.07 bits per heavy atom. The van der Waals surface area contributed by atoms with Crippen molar-refractivity contribution in [3.63, 3.8) is 0 Å². The van der Waals surface area contributed by atoms with E-state index < -0.39 is 0 Å². The molecule has 0 bridgehead atoms. The molecule has 0 fully saturated rings. The molecule has 0 rings (SSSR count). The molecule has 2 N–H and O–H groups in total. The maximum atomic E-state index is 5.43. The summed E-state index contributed by atoms with van der Waals surface area (Å²) in [6.45, 7) is 4.51. The van der Waals surface area contributed by atoms with Gasteiger partial charge in [0.15, 0.2) is 0 Å². The Kier molecular flexibility index (Phi) is 13.7. The molecule has 0 radical (unpaired) electrons. The fourth-order valence-electron chi connectivity index (χ4n) is 1.13. The Balaban J connectivity index is 2.81. The van der Waals surface area contributed by atoms with Crippen molar-refractivity contribution in [2.45, 2.75) is 25.7 Å². The van der Waals surface area contributed by atoms with E-state index in [-0.39, 0.29) is 0 Å². The van der Waals surface area contributed by atoms with Gasteiger partial charge in [-0.25, -0.2) is 0 Å². The summed E-state index contributed by atoms with van der Waals surface area (Å²) in [6.07, 6.45) is 4.34. The van der Waals surface area contributed by atoms with Gasteiger partial charge in [0.25, 0.3) is 0 Å². The van der Waals surface area contributed by atoms with Gasteiger partial charge in [-0.3, -0.25) is 0 Å². The topological polar surface area (TPSA) is 53.7 Å². The van der Waals surface area contributed by atoms with Crippen LogP contribution in [0.25, 0.3) is 0 Å². The molecule has 0 aromatic rings. The molecule has 0 aliphatic heterocycles. The van der Waals surface area contributed by atoms with Crippen molar-refractivity contribution in [2.24, 2.45) is 5.73 Å². The van der Waals surface area contributed by atoms with Crippen LogP contribution in [0.1, 0.15) is 25.7 Å². The van der Waals surface area contributed by atoms with Gasteiger partial charge in [0.2, 0.25) is 0 Å². The molecule has 0 aliphatic carbocycles. The minimum absolute atomic E-state index is 0.667. The zero-order valence-corrected chi connectivity index (χ0v) is 9.87. The Morgan fingerprint density at radius 2 is 1.40 bits per heavy atom. The molecular weight excluding hydrogens is 194 g/mol. The summed E-state index contributed by atoms with van der Waals surface area (Å²) in [5.41, 5.74) is 5.38. The lowest BCUT2D eigenvalue weighted by molar-refractivity contribution is 0.0508. The number of ether oxygens (including phenoxy) is 3. The second kappa shape index (κ2) is 13.8. The lowest BCUT2D eigenvalue weighted by atomic mass is 10.2.